The molecule has 112 valence electrons. The Morgan fingerprint density at radius 3 is 2.14 bits per heavy atom. The van der Waals surface area contributed by atoms with Crippen LogP contribution in [-0.4, -0.2) is 26.4 Å². The molecule has 2 rings (SSSR count). The summed E-state index contributed by atoms with van der Waals surface area (Å²) in [4.78, 5) is 0. The molecular formula is C16H17ClO4. The van der Waals surface area contributed by atoms with E-state index in [-0.39, 0.29) is 0 Å². The molecule has 0 aliphatic rings. The highest BCUT2D eigenvalue weighted by molar-refractivity contribution is 6.33. The Kier molecular flexibility index (Phi) is 4.94. The summed E-state index contributed by atoms with van der Waals surface area (Å²) < 4.78 is 15.8. The Labute approximate surface area is 128 Å². The van der Waals surface area contributed by atoms with Gasteiger partial charge in [-0.3, -0.25) is 0 Å². The zero-order chi connectivity index (χ0) is 15.4. The number of halogens is 1. The van der Waals surface area contributed by atoms with Crippen LogP contribution in [0.5, 0.6) is 17.2 Å². The normalized spacial score (nSPS) is 11.9. The monoisotopic (exact) mass is 308 g/mol. The van der Waals surface area contributed by atoms with Gasteiger partial charge >= 0.3 is 0 Å². The van der Waals surface area contributed by atoms with Crippen molar-refractivity contribution in [1.82, 2.24) is 0 Å². The van der Waals surface area contributed by atoms with Crippen LogP contribution in [0.4, 0.5) is 0 Å². The van der Waals surface area contributed by atoms with Crippen LogP contribution in [0.25, 0.3) is 0 Å². The van der Waals surface area contributed by atoms with Gasteiger partial charge in [0, 0.05) is 11.1 Å². The third-order valence-electron chi connectivity index (χ3n) is 3.24. The van der Waals surface area contributed by atoms with E-state index >= 15 is 0 Å². The first-order chi connectivity index (χ1) is 10.1. The summed E-state index contributed by atoms with van der Waals surface area (Å²) in [6.45, 7) is 0. The summed E-state index contributed by atoms with van der Waals surface area (Å²) in [6, 6.07) is 10.7. The van der Waals surface area contributed by atoms with Gasteiger partial charge < -0.3 is 19.3 Å². The van der Waals surface area contributed by atoms with Gasteiger partial charge in [0.1, 0.15) is 28.4 Å². The Balaban J connectivity index is 2.53. The number of aliphatic hydroxyl groups excluding tert-OH is 1. The van der Waals surface area contributed by atoms with Crippen LogP contribution < -0.4 is 14.2 Å². The lowest BCUT2D eigenvalue weighted by atomic mass is 9.99. The second-order valence-electron chi connectivity index (χ2n) is 4.35. The molecule has 0 amide bonds. The summed E-state index contributed by atoms with van der Waals surface area (Å²) in [5.74, 6) is 1.47. The standard InChI is InChI=1S/C16H17ClO4/c1-19-12-7-5-4-6-10(12)15(18)11-8-9-13(20-2)14(17)16(11)21-3/h4-9,15,18H,1-3H3. The first-order valence-corrected chi connectivity index (χ1v) is 6.73. The molecule has 0 heterocycles. The second-order valence-corrected chi connectivity index (χ2v) is 4.73. The van der Waals surface area contributed by atoms with Crippen molar-refractivity contribution in [1.29, 1.82) is 0 Å². The second kappa shape index (κ2) is 6.70. The molecule has 1 N–H and O–H groups in total. The molecule has 0 aliphatic heterocycles. The van der Waals surface area contributed by atoms with E-state index in [0.717, 1.165) is 0 Å². The number of hydrogen-bond acceptors (Lipinski definition) is 4. The fraction of sp³-hybridized carbons (Fsp3) is 0.250. The average Bonchev–Trinajstić information content (AvgIpc) is 2.53. The number of benzene rings is 2. The van der Waals surface area contributed by atoms with Crippen LogP contribution in [0.2, 0.25) is 5.02 Å². The molecule has 2 aromatic carbocycles. The third kappa shape index (κ3) is 2.91. The van der Waals surface area contributed by atoms with Crippen LogP contribution in [0.3, 0.4) is 0 Å². The quantitative estimate of drug-likeness (QED) is 0.919. The SMILES string of the molecule is COc1ccccc1C(O)c1ccc(OC)c(Cl)c1OC. The zero-order valence-corrected chi connectivity index (χ0v) is 12.8. The van der Waals surface area contributed by atoms with Gasteiger partial charge in [-0.15, -0.1) is 0 Å². The van der Waals surface area contributed by atoms with Crippen molar-refractivity contribution in [3.05, 3.63) is 52.5 Å². The van der Waals surface area contributed by atoms with Gasteiger partial charge in [0.25, 0.3) is 0 Å². The topological polar surface area (TPSA) is 47.9 Å². The average molecular weight is 309 g/mol. The van der Waals surface area contributed by atoms with E-state index in [1.54, 1.807) is 31.4 Å². The molecule has 0 aliphatic carbocycles. The van der Waals surface area contributed by atoms with Gasteiger partial charge in [-0.2, -0.15) is 0 Å². The fourth-order valence-electron chi connectivity index (χ4n) is 2.19. The molecule has 0 saturated carbocycles. The van der Waals surface area contributed by atoms with Gasteiger partial charge in [0.05, 0.1) is 21.3 Å². The minimum Gasteiger partial charge on any atom is -0.496 e. The van der Waals surface area contributed by atoms with Crippen LogP contribution in [-0.2, 0) is 0 Å². The van der Waals surface area contributed by atoms with Gasteiger partial charge in [0.15, 0.2) is 0 Å². The summed E-state index contributed by atoms with van der Waals surface area (Å²) in [7, 11) is 4.58. The molecule has 1 atom stereocenters. The van der Waals surface area contributed by atoms with E-state index in [0.29, 0.717) is 33.4 Å². The van der Waals surface area contributed by atoms with E-state index in [9.17, 15) is 5.11 Å². The maximum atomic E-state index is 10.6. The molecule has 0 aromatic heterocycles. The van der Waals surface area contributed by atoms with Crippen LogP contribution >= 0.6 is 11.6 Å². The lowest BCUT2D eigenvalue weighted by Crippen LogP contribution is -2.05. The van der Waals surface area contributed by atoms with Gasteiger partial charge in [-0.05, 0) is 18.2 Å². The van der Waals surface area contributed by atoms with E-state index in [2.05, 4.69) is 0 Å². The lowest BCUT2D eigenvalue weighted by Gasteiger charge is -2.19. The van der Waals surface area contributed by atoms with Crippen molar-refractivity contribution >= 4 is 11.6 Å². The molecule has 0 bridgehead atoms. The van der Waals surface area contributed by atoms with Crippen LogP contribution in [0.1, 0.15) is 17.2 Å². The minimum absolute atomic E-state index is 0.325. The summed E-state index contributed by atoms with van der Waals surface area (Å²) in [5.41, 5.74) is 1.19. The zero-order valence-electron chi connectivity index (χ0n) is 12.1. The van der Waals surface area contributed by atoms with Crippen molar-refractivity contribution in [2.75, 3.05) is 21.3 Å². The smallest absolute Gasteiger partial charge is 0.147 e. The predicted octanol–water partition coefficient (Wildman–Crippen LogP) is 3.45. The van der Waals surface area contributed by atoms with Crippen LogP contribution in [0, 0.1) is 0 Å². The van der Waals surface area contributed by atoms with Crippen molar-refractivity contribution in [3.63, 3.8) is 0 Å². The largest absolute Gasteiger partial charge is 0.496 e. The first kappa shape index (κ1) is 15.5. The summed E-state index contributed by atoms with van der Waals surface area (Å²) >= 11 is 6.23. The maximum Gasteiger partial charge on any atom is 0.147 e. The Morgan fingerprint density at radius 2 is 1.52 bits per heavy atom. The Morgan fingerprint density at radius 1 is 0.857 bits per heavy atom. The highest BCUT2D eigenvalue weighted by Crippen LogP contribution is 2.42. The maximum absolute atomic E-state index is 10.6. The summed E-state index contributed by atoms with van der Waals surface area (Å²) in [6.07, 6.45) is -0.917. The number of aliphatic hydroxyl groups is 1. The molecule has 0 spiro atoms. The van der Waals surface area contributed by atoms with E-state index < -0.39 is 6.10 Å². The van der Waals surface area contributed by atoms with Crippen molar-refractivity contribution in [2.45, 2.75) is 6.10 Å². The third-order valence-corrected chi connectivity index (χ3v) is 3.60. The van der Waals surface area contributed by atoms with E-state index in [1.807, 2.05) is 12.1 Å². The number of rotatable bonds is 5. The van der Waals surface area contributed by atoms with E-state index in [1.165, 1.54) is 14.2 Å². The molecule has 5 heteroatoms. The minimum atomic E-state index is -0.917. The molecule has 0 fully saturated rings. The first-order valence-electron chi connectivity index (χ1n) is 6.35. The van der Waals surface area contributed by atoms with Crippen molar-refractivity contribution < 1.29 is 19.3 Å². The van der Waals surface area contributed by atoms with Gasteiger partial charge in [-0.1, -0.05) is 29.8 Å². The number of para-hydroxylation sites is 1. The number of hydrogen-bond donors (Lipinski definition) is 1. The van der Waals surface area contributed by atoms with Gasteiger partial charge in [-0.25, -0.2) is 0 Å². The highest BCUT2D eigenvalue weighted by Gasteiger charge is 2.22. The molecule has 0 saturated heterocycles. The molecule has 4 nitrogen and oxygen atoms in total. The van der Waals surface area contributed by atoms with Gasteiger partial charge in [0.2, 0.25) is 0 Å². The molecular weight excluding hydrogens is 292 g/mol. The highest BCUT2D eigenvalue weighted by atomic mass is 35.5. The Hall–Kier alpha value is -1.91. The Bertz CT molecular complexity index is 628. The van der Waals surface area contributed by atoms with Crippen molar-refractivity contribution in [2.24, 2.45) is 0 Å². The summed E-state index contributed by atoms with van der Waals surface area (Å²) in [5, 5.41) is 11.0. The number of ether oxygens (including phenoxy) is 3. The lowest BCUT2D eigenvalue weighted by molar-refractivity contribution is 0.209. The fourth-order valence-corrected chi connectivity index (χ4v) is 2.52. The van der Waals surface area contributed by atoms with Crippen molar-refractivity contribution in [3.8, 4) is 17.2 Å². The molecule has 21 heavy (non-hydrogen) atoms. The van der Waals surface area contributed by atoms with E-state index in [4.69, 9.17) is 25.8 Å². The predicted molar refractivity (Wildman–Crippen MR) is 81.6 cm³/mol. The molecule has 0 radical (unpaired) electrons. The molecule has 1 unspecified atom stereocenters. The number of methoxy groups -OCH3 is 3. The van der Waals surface area contributed by atoms with Crippen LogP contribution in [0.15, 0.2) is 36.4 Å². The molecule has 2 aromatic rings.